The number of fused-ring (bicyclic) bond motifs is 1. The van der Waals surface area contributed by atoms with E-state index < -0.39 is 15.8 Å². The molecule has 4 heterocycles. The number of aromatic amines is 1. The molecule has 0 aliphatic carbocycles. The van der Waals surface area contributed by atoms with Crippen LogP contribution in [0, 0.1) is 11.7 Å². The average Bonchev–Trinajstić information content (AvgIpc) is 3.16. The van der Waals surface area contributed by atoms with Crippen molar-refractivity contribution in [2.24, 2.45) is 5.92 Å². The van der Waals surface area contributed by atoms with E-state index in [2.05, 4.69) is 25.3 Å². The van der Waals surface area contributed by atoms with Crippen LogP contribution in [0.4, 0.5) is 10.2 Å². The van der Waals surface area contributed by atoms with E-state index in [1.807, 2.05) is 0 Å². The van der Waals surface area contributed by atoms with Crippen LogP contribution in [0.2, 0.25) is 5.02 Å². The molecule has 30 heavy (non-hydrogen) atoms. The first kappa shape index (κ1) is 21.0. The van der Waals surface area contributed by atoms with E-state index >= 15 is 0 Å². The maximum absolute atomic E-state index is 14.3. The molecule has 0 saturated carbocycles. The number of hydrogen-bond donors (Lipinski definition) is 2. The first-order chi connectivity index (χ1) is 14.4. The fourth-order valence-electron chi connectivity index (χ4n) is 3.65. The minimum absolute atomic E-state index is 0.0778. The van der Waals surface area contributed by atoms with Gasteiger partial charge in [-0.15, -0.1) is 0 Å². The van der Waals surface area contributed by atoms with Gasteiger partial charge in [-0.1, -0.05) is 11.6 Å². The second kappa shape index (κ2) is 8.44. The Bertz CT molecular complexity index is 1170. The third-order valence-electron chi connectivity index (χ3n) is 5.28. The maximum Gasteiger partial charge on any atom is 0.213 e. The number of H-pyrrole nitrogens is 1. The molecule has 1 aliphatic rings. The third kappa shape index (κ3) is 4.26. The van der Waals surface area contributed by atoms with Gasteiger partial charge in [-0.25, -0.2) is 32.1 Å². The molecule has 8 nitrogen and oxygen atoms in total. The first-order valence-electron chi connectivity index (χ1n) is 9.74. The van der Waals surface area contributed by atoms with E-state index in [9.17, 15) is 12.8 Å². The van der Waals surface area contributed by atoms with E-state index in [-0.39, 0.29) is 17.5 Å². The maximum atomic E-state index is 14.3. The summed E-state index contributed by atoms with van der Waals surface area (Å²) < 4.78 is 40.1. The van der Waals surface area contributed by atoms with Gasteiger partial charge in [-0.2, -0.15) is 0 Å². The molecule has 0 amide bonds. The van der Waals surface area contributed by atoms with E-state index in [4.69, 9.17) is 11.6 Å². The smallest absolute Gasteiger partial charge is 0.213 e. The van der Waals surface area contributed by atoms with E-state index in [0.717, 1.165) is 24.4 Å². The zero-order chi connectivity index (χ0) is 21.3. The van der Waals surface area contributed by atoms with Gasteiger partial charge >= 0.3 is 0 Å². The highest BCUT2D eigenvalue weighted by Gasteiger charge is 2.27. The molecule has 0 radical (unpaired) electrons. The summed E-state index contributed by atoms with van der Waals surface area (Å²) in [6, 6.07) is 1.75. The Morgan fingerprint density at radius 3 is 3.00 bits per heavy atom. The molecule has 2 N–H and O–H groups in total. The number of nitrogens with zero attached hydrogens (tertiary/aromatic N) is 4. The van der Waals surface area contributed by atoms with Gasteiger partial charge in [0.05, 0.1) is 17.0 Å². The Morgan fingerprint density at radius 1 is 1.37 bits per heavy atom. The number of aromatic nitrogens is 4. The van der Waals surface area contributed by atoms with Gasteiger partial charge in [0.25, 0.3) is 0 Å². The van der Waals surface area contributed by atoms with Gasteiger partial charge in [-0.3, -0.25) is 0 Å². The van der Waals surface area contributed by atoms with Crippen LogP contribution in [-0.2, 0) is 10.0 Å². The minimum Gasteiger partial charge on any atom is -0.367 e. The van der Waals surface area contributed by atoms with Crippen molar-refractivity contribution in [1.29, 1.82) is 0 Å². The standard InChI is InChI=1S/C19H22ClFN6O2S/c1-2-30(28,29)27-5-3-4-12(11-27)7-22-19-16(21)10-25-18(26-19)15-9-24-17-14(15)6-13(20)8-23-17/h6,8-10,12H,2-5,7,11H2,1H3,(H,23,24)(H,22,25,26). The Kier molecular flexibility index (Phi) is 5.90. The summed E-state index contributed by atoms with van der Waals surface area (Å²) in [5.74, 6) is 0.0195. The number of hydrogen-bond acceptors (Lipinski definition) is 6. The van der Waals surface area contributed by atoms with E-state index in [1.165, 1.54) is 10.5 Å². The number of pyridine rings is 1. The topological polar surface area (TPSA) is 104 Å². The van der Waals surface area contributed by atoms with E-state index in [1.54, 1.807) is 19.2 Å². The molecule has 11 heteroatoms. The molecule has 1 atom stereocenters. The monoisotopic (exact) mass is 452 g/mol. The number of halogens is 2. The van der Waals surface area contributed by atoms with Crippen LogP contribution in [0.3, 0.4) is 0 Å². The Labute approximate surface area is 178 Å². The van der Waals surface area contributed by atoms with Crippen LogP contribution in [0.1, 0.15) is 19.8 Å². The van der Waals surface area contributed by atoms with Crippen LogP contribution in [0.25, 0.3) is 22.4 Å². The number of piperidine rings is 1. The largest absolute Gasteiger partial charge is 0.367 e. The molecular weight excluding hydrogens is 431 g/mol. The van der Waals surface area contributed by atoms with E-state index in [0.29, 0.717) is 41.7 Å². The zero-order valence-electron chi connectivity index (χ0n) is 16.4. The first-order valence-corrected chi connectivity index (χ1v) is 11.7. The molecule has 1 saturated heterocycles. The molecule has 160 valence electrons. The predicted molar refractivity (Wildman–Crippen MR) is 114 cm³/mol. The molecule has 1 unspecified atom stereocenters. The molecule has 3 aromatic heterocycles. The van der Waals surface area contributed by atoms with Crippen LogP contribution in [0.15, 0.2) is 24.7 Å². The molecule has 1 aliphatic heterocycles. The fourth-order valence-corrected chi connectivity index (χ4v) is 5.02. The highest BCUT2D eigenvalue weighted by molar-refractivity contribution is 7.89. The number of nitrogens with one attached hydrogen (secondary N) is 2. The predicted octanol–water partition coefficient (Wildman–Crippen LogP) is 3.29. The van der Waals surface area contributed by atoms with Crippen molar-refractivity contribution in [3.05, 3.63) is 35.5 Å². The van der Waals surface area contributed by atoms with Crippen molar-refractivity contribution < 1.29 is 12.8 Å². The molecular formula is C19H22ClFN6O2S. The lowest BCUT2D eigenvalue weighted by molar-refractivity contribution is 0.275. The molecule has 0 spiro atoms. The van der Waals surface area contributed by atoms with Gasteiger partial charge in [-0.05, 0) is 31.7 Å². The van der Waals surface area contributed by atoms with Crippen LogP contribution in [-0.4, -0.2) is 58.0 Å². The molecule has 0 bridgehead atoms. The van der Waals surface area contributed by atoms with Crippen LogP contribution < -0.4 is 5.32 Å². The fraction of sp³-hybridized carbons (Fsp3) is 0.421. The Morgan fingerprint density at radius 2 is 2.20 bits per heavy atom. The number of sulfonamides is 1. The Balaban J connectivity index is 1.52. The highest BCUT2D eigenvalue weighted by Crippen LogP contribution is 2.28. The van der Waals surface area contributed by atoms with Crippen LogP contribution >= 0.6 is 11.6 Å². The lowest BCUT2D eigenvalue weighted by Gasteiger charge is -2.31. The summed E-state index contributed by atoms with van der Waals surface area (Å²) in [5.41, 5.74) is 1.30. The minimum atomic E-state index is -3.22. The van der Waals surface area contributed by atoms with Gasteiger partial charge in [0.1, 0.15) is 5.65 Å². The Hall–Kier alpha value is -2.30. The van der Waals surface area contributed by atoms with Gasteiger partial charge in [0, 0.05) is 43.0 Å². The summed E-state index contributed by atoms with van der Waals surface area (Å²) in [5, 5.41) is 4.26. The number of rotatable bonds is 6. The molecule has 0 aromatic carbocycles. The van der Waals surface area contributed by atoms with Crippen molar-refractivity contribution in [3.8, 4) is 11.4 Å². The van der Waals surface area contributed by atoms with Gasteiger partial charge < -0.3 is 10.3 Å². The lowest BCUT2D eigenvalue weighted by Crippen LogP contribution is -2.42. The molecule has 1 fully saturated rings. The quantitative estimate of drug-likeness (QED) is 0.594. The average molecular weight is 453 g/mol. The van der Waals surface area contributed by atoms with Crippen molar-refractivity contribution in [2.75, 3.05) is 30.7 Å². The van der Waals surface area contributed by atoms with Crippen molar-refractivity contribution >= 4 is 38.5 Å². The van der Waals surface area contributed by atoms with Gasteiger partial charge in [0.2, 0.25) is 10.0 Å². The second-order valence-corrected chi connectivity index (χ2v) is 9.98. The SMILES string of the molecule is CCS(=O)(=O)N1CCCC(CNc2nc(-c3c[nH]c4ncc(Cl)cc34)ncc2F)C1. The normalized spacial score (nSPS) is 18.0. The van der Waals surface area contributed by atoms with Crippen LogP contribution in [0.5, 0.6) is 0 Å². The number of anilines is 1. The summed E-state index contributed by atoms with van der Waals surface area (Å²) >= 11 is 6.05. The van der Waals surface area contributed by atoms with Crippen molar-refractivity contribution in [3.63, 3.8) is 0 Å². The second-order valence-electron chi connectivity index (χ2n) is 7.29. The highest BCUT2D eigenvalue weighted by atomic mass is 35.5. The summed E-state index contributed by atoms with van der Waals surface area (Å²) in [7, 11) is -3.22. The van der Waals surface area contributed by atoms with Crippen molar-refractivity contribution in [2.45, 2.75) is 19.8 Å². The lowest BCUT2D eigenvalue weighted by atomic mass is 10.00. The molecule has 4 rings (SSSR count). The van der Waals surface area contributed by atoms with Gasteiger partial charge in [0.15, 0.2) is 17.5 Å². The summed E-state index contributed by atoms with van der Waals surface area (Å²) in [4.78, 5) is 15.7. The third-order valence-corrected chi connectivity index (χ3v) is 7.34. The summed E-state index contributed by atoms with van der Waals surface area (Å²) in [6.45, 7) is 3.03. The zero-order valence-corrected chi connectivity index (χ0v) is 18.0. The molecule has 3 aromatic rings. The summed E-state index contributed by atoms with van der Waals surface area (Å²) in [6.07, 6.45) is 6.02. The van der Waals surface area contributed by atoms with Crippen molar-refractivity contribution in [1.82, 2.24) is 24.2 Å².